The van der Waals surface area contributed by atoms with Crippen LogP contribution in [0.1, 0.15) is 50.3 Å². The van der Waals surface area contributed by atoms with Crippen LogP contribution in [0.5, 0.6) is 0 Å². The van der Waals surface area contributed by atoms with E-state index in [4.69, 9.17) is 23.2 Å². The fourth-order valence-corrected chi connectivity index (χ4v) is 3.52. The third-order valence-electron chi connectivity index (χ3n) is 3.90. The fraction of sp³-hybridized carbons (Fsp3) is 0.333. The van der Waals surface area contributed by atoms with Gasteiger partial charge in [0.1, 0.15) is 5.82 Å². The van der Waals surface area contributed by atoms with Crippen LogP contribution in [-0.4, -0.2) is 0 Å². The van der Waals surface area contributed by atoms with Gasteiger partial charge in [0.15, 0.2) is 0 Å². The van der Waals surface area contributed by atoms with Crippen molar-refractivity contribution >= 4 is 23.2 Å². The van der Waals surface area contributed by atoms with Gasteiger partial charge in [-0.3, -0.25) is 0 Å². The highest BCUT2D eigenvalue weighted by Gasteiger charge is 2.29. The molecule has 0 heterocycles. The van der Waals surface area contributed by atoms with Crippen molar-refractivity contribution in [2.45, 2.75) is 39.0 Å². The molecule has 0 saturated carbocycles. The van der Waals surface area contributed by atoms with Gasteiger partial charge in [-0.1, -0.05) is 63.0 Å². The first-order chi connectivity index (χ1) is 9.73. The fourth-order valence-electron chi connectivity index (χ4n) is 2.54. The molecule has 0 atom stereocenters. The Balaban J connectivity index is 2.60. The molecule has 0 spiro atoms. The Morgan fingerprint density at radius 1 is 1.00 bits per heavy atom. The van der Waals surface area contributed by atoms with Crippen molar-refractivity contribution in [3.63, 3.8) is 0 Å². The SMILES string of the molecule is CC(C)c1cc(Cl)c(C(C)(C)c2cccc(F)c2)c(Cl)c1. The van der Waals surface area contributed by atoms with Crippen LogP contribution in [-0.2, 0) is 5.41 Å². The molecule has 0 aromatic heterocycles. The summed E-state index contributed by atoms with van der Waals surface area (Å²) in [6.45, 7) is 8.20. The van der Waals surface area contributed by atoms with E-state index in [0.29, 0.717) is 16.0 Å². The summed E-state index contributed by atoms with van der Waals surface area (Å²) in [5, 5.41) is 1.25. The second-order valence-electron chi connectivity index (χ2n) is 6.15. The molecule has 0 bridgehead atoms. The third-order valence-corrected chi connectivity index (χ3v) is 4.50. The second-order valence-corrected chi connectivity index (χ2v) is 6.96. The molecule has 21 heavy (non-hydrogen) atoms. The van der Waals surface area contributed by atoms with Gasteiger partial charge in [0, 0.05) is 15.5 Å². The molecule has 2 aromatic carbocycles. The summed E-state index contributed by atoms with van der Waals surface area (Å²) in [4.78, 5) is 0. The van der Waals surface area contributed by atoms with E-state index in [1.165, 1.54) is 12.1 Å². The predicted octanol–water partition coefficient (Wildman–Crippen LogP) is 6.58. The summed E-state index contributed by atoms with van der Waals surface area (Å²) in [6.07, 6.45) is 0. The molecule has 2 rings (SSSR count). The summed E-state index contributed by atoms with van der Waals surface area (Å²) in [5.41, 5.74) is 2.32. The molecule has 0 radical (unpaired) electrons. The molecule has 0 aliphatic heterocycles. The molecule has 0 saturated heterocycles. The van der Waals surface area contributed by atoms with Crippen molar-refractivity contribution in [1.82, 2.24) is 0 Å². The number of halogens is 3. The molecular formula is C18H19Cl2F. The van der Waals surface area contributed by atoms with Crippen LogP contribution in [0, 0.1) is 5.82 Å². The zero-order valence-electron chi connectivity index (χ0n) is 12.7. The Hall–Kier alpha value is -1.05. The number of rotatable bonds is 3. The minimum absolute atomic E-state index is 0.258. The lowest BCUT2D eigenvalue weighted by atomic mass is 9.77. The summed E-state index contributed by atoms with van der Waals surface area (Å²) >= 11 is 12.9. The molecule has 0 unspecified atom stereocenters. The quantitative estimate of drug-likeness (QED) is 0.598. The smallest absolute Gasteiger partial charge is 0.123 e. The van der Waals surface area contributed by atoms with Crippen molar-refractivity contribution in [2.24, 2.45) is 0 Å². The van der Waals surface area contributed by atoms with Crippen molar-refractivity contribution in [3.05, 3.63) is 69.0 Å². The van der Waals surface area contributed by atoms with Crippen LogP contribution in [0.4, 0.5) is 4.39 Å². The van der Waals surface area contributed by atoms with E-state index in [9.17, 15) is 4.39 Å². The monoisotopic (exact) mass is 324 g/mol. The average Bonchev–Trinajstić information content (AvgIpc) is 2.37. The van der Waals surface area contributed by atoms with E-state index in [1.807, 2.05) is 32.0 Å². The van der Waals surface area contributed by atoms with Crippen LogP contribution < -0.4 is 0 Å². The van der Waals surface area contributed by atoms with Gasteiger partial charge in [0.25, 0.3) is 0 Å². The maximum absolute atomic E-state index is 13.5. The number of hydrogen-bond acceptors (Lipinski definition) is 0. The van der Waals surface area contributed by atoms with Gasteiger partial charge in [0.05, 0.1) is 0 Å². The van der Waals surface area contributed by atoms with Crippen molar-refractivity contribution in [3.8, 4) is 0 Å². The molecule has 112 valence electrons. The maximum Gasteiger partial charge on any atom is 0.123 e. The molecule has 0 N–H and O–H groups in total. The van der Waals surface area contributed by atoms with Gasteiger partial charge >= 0.3 is 0 Å². The molecule has 0 aliphatic rings. The van der Waals surface area contributed by atoms with E-state index < -0.39 is 5.41 Å². The zero-order valence-corrected chi connectivity index (χ0v) is 14.2. The Kier molecular flexibility index (Phi) is 4.65. The van der Waals surface area contributed by atoms with Gasteiger partial charge in [-0.05, 0) is 46.9 Å². The first kappa shape index (κ1) is 16.3. The third kappa shape index (κ3) is 3.25. The number of benzene rings is 2. The zero-order chi connectivity index (χ0) is 15.8. The largest absolute Gasteiger partial charge is 0.207 e. The molecule has 0 aliphatic carbocycles. The van der Waals surface area contributed by atoms with Crippen LogP contribution in [0.15, 0.2) is 36.4 Å². The Labute approximate surface area is 135 Å². The first-order valence-corrected chi connectivity index (χ1v) is 7.74. The summed E-state index contributed by atoms with van der Waals surface area (Å²) in [5.74, 6) is 0.0953. The van der Waals surface area contributed by atoms with Crippen molar-refractivity contribution < 1.29 is 4.39 Å². The minimum atomic E-state index is -0.466. The molecule has 3 heteroatoms. The predicted molar refractivity (Wildman–Crippen MR) is 89.1 cm³/mol. The van der Waals surface area contributed by atoms with Crippen molar-refractivity contribution in [1.29, 1.82) is 0 Å². The van der Waals surface area contributed by atoms with E-state index in [1.54, 1.807) is 6.07 Å². The van der Waals surface area contributed by atoms with E-state index in [0.717, 1.165) is 16.7 Å². The summed E-state index contributed by atoms with van der Waals surface area (Å²) < 4.78 is 13.5. The highest BCUT2D eigenvalue weighted by atomic mass is 35.5. The Morgan fingerprint density at radius 3 is 2.05 bits per heavy atom. The molecule has 0 nitrogen and oxygen atoms in total. The standard InChI is InChI=1S/C18H19Cl2F/c1-11(2)12-8-15(19)17(16(20)9-12)18(3,4)13-6-5-7-14(21)10-13/h5-11H,1-4H3. The molecular weight excluding hydrogens is 306 g/mol. The first-order valence-electron chi connectivity index (χ1n) is 6.99. The van der Waals surface area contributed by atoms with Crippen LogP contribution in [0.2, 0.25) is 10.0 Å². The lowest BCUT2D eigenvalue weighted by Gasteiger charge is -2.29. The highest BCUT2D eigenvalue weighted by molar-refractivity contribution is 6.36. The Bertz CT molecular complexity index is 637. The van der Waals surface area contributed by atoms with Gasteiger partial charge < -0.3 is 0 Å². The van der Waals surface area contributed by atoms with Crippen molar-refractivity contribution in [2.75, 3.05) is 0 Å². The topological polar surface area (TPSA) is 0 Å². The van der Waals surface area contributed by atoms with Crippen LogP contribution in [0.25, 0.3) is 0 Å². The Morgan fingerprint density at radius 2 is 1.57 bits per heavy atom. The molecule has 0 fully saturated rings. The number of hydrogen-bond donors (Lipinski definition) is 0. The van der Waals surface area contributed by atoms with E-state index in [-0.39, 0.29) is 5.82 Å². The lowest BCUT2D eigenvalue weighted by Crippen LogP contribution is -2.20. The van der Waals surface area contributed by atoms with Gasteiger partial charge in [0.2, 0.25) is 0 Å². The van der Waals surface area contributed by atoms with Crippen LogP contribution in [0.3, 0.4) is 0 Å². The van der Waals surface area contributed by atoms with E-state index in [2.05, 4.69) is 13.8 Å². The molecule has 2 aromatic rings. The van der Waals surface area contributed by atoms with Gasteiger partial charge in [-0.15, -0.1) is 0 Å². The second kappa shape index (κ2) is 5.98. The maximum atomic E-state index is 13.5. The van der Waals surface area contributed by atoms with Gasteiger partial charge in [-0.25, -0.2) is 4.39 Å². The summed E-state index contributed by atoms with van der Waals surface area (Å²) in [6, 6.07) is 10.5. The van der Waals surface area contributed by atoms with E-state index >= 15 is 0 Å². The average molecular weight is 325 g/mol. The van der Waals surface area contributed by atoms with Gasteiger partial charge in [-0.2, -0.15) is 0 Å². The summed E-state index contributed by atoms with van der Waals surface area (Å²) in [7, 11) is 0. The lowest BCUT2D eigenvalue weighted by molar-refractivity contribution is 0.601. The minimum Gasteiger partial charge on any atom is -0.207 e. The highest BCUT2D eigenvalue weighted by Crippen LogP contribution is 2.41. The molecule has 0 amide bonds. The normalized spacial score (nSPS) is 12.0. The van der Waals surface area contributed by atoms with Crippen LogP contribution >= 0.6 is 23.2 Å².